The normalized spacial score (nSPS) is 17.7. The van der Waals surface area contributed by atoms with Crippen LogP contribution in [-0.2, 0) is 4.79 Å². The number of benzene rings is 1. The molecule has 114 valence electrons. The Bertz CT molecular complexity index is 731. The van der Waals surface area contributed by atoms with Gasteiger partial charge in [0.1, 0.15) is 9.88 Å². The van der Waals surface area contributed by atoms with Crippen molar-refractivity contribution >= 4 is 34.8 Å². The number of rotatable bonds is 3. The Morgan fingerprint density at radius 1 is 1.36 bits per heavy atom. The number of carbonyl (C=O) groups is 2. The zero-order chi connectivity index (χ0) is 15.7. The second kappa shape index (κ2) is 6.06. The van der Waals surface area contributed by atoms with E-state index >= 15 is 0 Å². The Labute approximate surface area is 136 Å². The molecule has 1 aromatic heterocycles. The van der Waals surface area contributed by atoms with Gasteiger partial charge in [0, 0.05) is 18.7 Å². The molecule has 2 heterocycles. The van der Waals surface area contributed by atoms with E-state index in [0.29, 0.717) is 27.9 Å². The maximum Gasteiger partial charge on any atom is 0.308 e. The summed E-state index contributed by atoms with van der Waals surface area (Å²) in [5, 5.41) is 10.3. The number of halogens is 1. The van der Waals surface area contributed by atoms with Crippen LogP contribution in [-0.4, -0.2) is 40.0 Å². The molecule has 2 aromatic rings. The van der Waals surface area contributed by atoms with E-state index in [1.54, 1.807) is 11.0 Å². The number of aliphatic carboxylic acids is 1. The van der Waals surface area contributed by atoms with Gasteiger partial charge in [-0.15, -0.1) is 11.3 Å². The first kappa shape index (κ1) is 15.0. The van der Waals surface area contributed by atoms with E-state index in [0.717, 1.165) is 5.56 Å². The molecule has 5 nitrogen and oxygen atoms in total. The molecule has 3 rings (SSSR count). The molecular formula is C15H13ClN2O3S. The number of carbonyl (C=O) groups excluding carboxylic acids is 1. The molecule has 1 saturated heterocycles. The Hall–Kier alpha value is -1.92. The smallest absolute Gasteiger partial charge is 0.308 e. The van der Waals surface area contributed by atoms with E-state index in [4.69, 9.17) is 16.7 Å². The molecule has 0 spiro atoms. The highest BCUT2D eigenvalue weighted by Crippen LogP contribution is 2.32. The molecule has 22 heavy (non-hydrogen) atoms. The van der Waals surface area contributed by atoms with Gasteiger partial charge in [-0.25, -0.2) is 4.98 Å². The summed E-state index contributed by atoms with van der Waals surface area (Å²) in [6.07, 6.45) is 2.02. The molecule has 7 heteroatoms. The highest BCUT2D eigenvalue weighted by Gasteiger charge is 2.32. The van der Waals surface area contributed by atoms with Gasteiger partial charge in [0.15, 0.2) is 0 Å². The van der Waals surface area contributed by atoms with Crippen LogP contribution >= 0.6 is 22.9 Å². The van der Waals surface area contributed by atoms with Crippen molar-refractivity contribution in [3.05, 3.63) is 40.4 Å². The first-order valence-corrected chi connectivity index (χ1v) is 7.98. The van der Waals surface area contributed by atoms with Crippen molar-refractivity contribution in [3.63, 3.8) is 0 Å². The molecule has 0 saturated carbocycles. The van der Waals surface area contributed by atoms with E-state index in [-0.39, 0.29) is 12.5 Å². The lowest BCUT2D eigenvalue weighted by molar-refractivity contribution is -0.141. The van der Waals surface area contributed by atoms with Crippen LogP contribution in [0.4, 0.5) is 0 Å². The largest absolute Gasteiger partial charge is 0.481 e. The number of carboxylic acid groups (broad SMARTS) is 1. The summed E-state index contributed by atoms with van der Waals surface area (Å²) in [5.41, 5.74) is 0.790. The average Bonchev–Trinajstić information content (AvgIpc) is 3.17. The van der Waals surface area contributed by atoms with Crippen molar-refractivity contribution in [3.8, 4) is 10.6 Å². The third kappa shape index (κ3) is 2.84. The Kier molecular flexibility index (Phi) is 4.13. The minimum atomic E-state index is -0.851. The number of aromatic nitrogens is 1. The van der Waals surface area contributed by atoms with Crippen molar-refractivity contribution in [2.45, 2.75) is 6.42 Å². The Morgan fingerprint density at radius 2 is 2.14 bits per heavy atom. The molecule has 1 aliphatic rings. The van der Waals surface area contributed by atoms with Crippen molar-refractivity contribution in [2.24, 2.45) is 5.92 Å². The van der Waals surface area contributed by atoms with Gasteiger partial charge in [-0.3, -0.25) is 9.59 Å². The van der Waals surface area contributed by atoms with Crippen LogP contribution in [0.2, 0.25) is 5.02 Å². The predicted molar refractivity (Wildman–Crippen MR) is 84.2 cm³/mol. The van der Waals surface area contributed by atoms with E-state index in [1.807, 2.05) is 18.2 Å². The van der Waals surface area contributed by atoms with Crippen LogP contribution in [0.5, 0.6) is 0 Å². The summed E-state index contributed by atoms with van der Waals surface area (Å²) in [6.45, 7) is 0.725. The van der Waals surface area contributed by atoms with E-state index in [9.17, 15) is 9.59 Å². The molecule has 1 N–H and O–H groups in total. The maximum atomic E-state index is 12.4. The number of amides is 1. The topological polar surface area (TPSA) is 70.5 Å². The lowest BCUT2D eigenvalue weighted by atomic mass is 10.1. The molecular weight excluding hydrogens is 324 g/mol. The van der Waals surface area contributed by atoms with Gasteiger partial charge in [0.25, 0.3) is 5.91 Å². The summed E-state index contributed by atoms with van der Waals surface area (Å²) in [5.74, 6) is -1.49. The highest BCUT2D eigenvalue weighted by molar-refractivity contribution is 7.17. The van der Waals surface area contributed by atoms with Gasteiger partial charge in [0.05, 0.1) is 17.1 Å². The minimum Gasteiger partial charge on any atom is -0.481 e. The molecule has 1 amide bonds. The summed E-state index contributed by atoms with van der Waals surface area (Å²) in [6, 6.07) is 7.33. The van der Waals surface area contributed by atoms with Gasteiger partial charge < -0.3 is 10.0 Å². The molecule has 0 bridgehead atoms. The third-order valence-electron chi connectivity index (χ3n) is 3.65. The number of thiazole rings is 1. The zero-order valence-corrected chi connectivity index (χ0v) is 13.1. The second-order valence-electron chi connectivity index (χ2n) is 5.08. The van der Waals surface area contributed by atoms with Gasteiger partial charge in [-0.05, 0) is 12.5 Å². The zero-order valence-electron chi connectivity index (χ0n) is 11.5. The molecule has 1 aliphatic heterocycles. The minimum absolute atomic E-state index is 0.167. The molecule has 1 atom stereocenters. The van der Waals surface area contributed by atoms with Crippen molar-refractivity contribution in [1.82, 2.24) is 9.88 Å². The van der Waals surface area contributed by atoms with E-state index in [2.05, 4.69) is 4.98 Å². The summed E-state index contributed by atoms with van der Waals surface area (Å²) >= 11 is 7.41. The van der Waals surface area contributed by atoms with Crippen LogP contribution < -0.4 is 0 Å². The fraction of sp³-hybridized carbons (Fsp3) is 0.267. The number of carboxylic acids is 1. The standard InChI is InChI=1S/C15H13ClN2O3S/c16-11-4-2-1-3-10(11)13-17-7-12(22-13)14(19)18-6-5-9(8-18)15(20)21/h1-4,7,9H,5-6,8H2,(H,20,21)/t9-/m0/s1. The molecule has 1 aromatic carbocycles. The van der Waals surface area contributed by atoms with Crippen molar-refractivity contribution in [1.29, 1.82) is 0 Å². The number of nitrogens with zero attached hydrogens (tertiary/aromatic N) is 2. The number of hydrogen-bond donors (Lipinski definition) is 1. The quantitative estimate of drug-likeness (QED) is 0.935. The van der Waals surface area contributed by atoms with Gasteiger partial charge >= 0.3 is 5.97 Å². The fourth-order valence-electron chi connectivity index (χ4n) is 2.43. The number of likely N-dealkylation sites (tertiary alicyclic amines) is 1. The van der Waals surface area contributed by atoms with Crippen LogP contribution in [0.15, 0.2) is 30.5 Å². The molecule has 1 fully saturated rings. The van der Waals surface area contributed by atoms with Crippen LogP contribution in [0, 0.1) is 5.92 Å². The predicted octanol–water partition coefficient (Wildman–Crippen LogP) is 3.01. The SMILES string of the molecule is O=C(O)[C@H]1CCN(C(=O)c2cnc(-c3ccccc3Cl)s2)C1. The maximum absolute atomic E-state index is 12.4. The fourth-order valence-corrected chi connectivity index (χ4v) is 3.64. The first-order chi connectivity index (χ1) is 10.6. The van der Waals surface area contributed by atoms with Gasteiger partial charge in [-0.2, -0.15) is 0 Å². The highest BCUT2D eigenvalue weighted by atomic mass is 35.5. The van der Waals surface area contributed by atoms with E-state index < -0.39 is 11.9 Å². The third-order valence-corrected chi connectivity index (χ3v) is 4.99. The monoisotopic (exact) mass is 336 g/mol. The Morgan fingerprint density at radius 3 is 2.82 bits per heavy atom. The summed E-state index contributed by atoms with van der Waals surface area (Å²) in [4.78, 5) is 29.7. The van der Waals surface area contributed by atoms with Crippen molar-refractivity contribution < 1.29 is 14.7 Å². The van der Waals surface area contributed by atoms with Crippen LogP contribution in [0.3, 0.4) is 0 Å². The van der Waals surface area contributed by atoms with Crippen molar-refractivity contribution in [2.75, 3.05) is 13.1 Å². The first-order valence-electron chi connectivity index (χ1n) is 6.79. The molecule has 0 aliphatic carbocycles. The van der Waals surface area contributed by atoms with Gasteiger partial charge in [0.2, 0.25) is 0 Å². The lowest BCUT2D eigenvalue weighted by Gasteiger charge is -2.13. The van der Waals surface area contributed by atoms with E-state index in [1.165, 1.54) is 17.5 Å². The van der Waals surface area contributed by atoms with Crippen LogP contribution in [0.25, 0.3) is 10.6 Å². The average molecular weight is 337 g/mol. The summed E-state index contributed by atoms with van der Waals surface area (Å²) in [7, 11) is 0. The lowest BCUT2D eigenvalue weighted by Crippen LogP contribution is -2.29. The van der Waals surface area contributed by atoms with Crippen LogP contribution in [0.1, 0.15) is 16.1 Å². The molecule has 0 radical (unpaired) electrons. The Balaban J connectivity index is 1.78. The number of hydrogen-bond acceptors (Lipinski definition) is 4. The molecule has 0 unspecified atom stereocenters. The second-order valence-corrected chi connectivity index (χ2v) is 6.52. The van der Waals surface area contributed by atoms with Gasteiger partial charge in [-0.1, -0.05) is 29.8 Å². The summed E-state index contributed by atoms with van der Waals surface area (Å²) < 4.78 is 0.